The molecule has 21 heavy (non-hydrogen) atoms. The lowest BCUT2D eigenvalue weighted by molar-refractivity contribution is -0.385. The molecule has 0 heterocycles. The van der Waals surface area contributed by atoms with Crippen LogP contribution in [-0.4, -0.2) is 45.4 Å². The summed E-state index contributed by atoms with van der Waals surface area (Å²) in [5, 5.41) is 11.4. The highest BCUT2D eigenvalue weighted by Gasteiger charge is 2.15. The van der Waals surface area contributed by atoms with E-state index < -0.39 is 0 Å². The zero-order valence-electron chi connectivity index (χ0n) is 12.4. The summed E-state index contributed by atoms with van der Waals surface area (Å²) in [5.74, 6) is 0. The van der Waals surface area contributed by atoms with E-state index in [4.69, 9.17) is 9.47 Å². The minimum Gasteiger partial charge on any atom is -0.385 e. The van der Waals surface area contributed by atoms with Crippen molar-refractivity contribution in [2.75, 3.05) is 45.4 Å². The number of anilines is 1. The van der Waals surface area contributed by atoms with E-state index in [0.29, 0.717) is 24.1 Å². The number of nitro benzene ring substituents is 1. The SMILES string of the molecule is COCCCN(CCOC)c1ccc([N+](=O)[O-])c(CBr)c1. The Morgan fingerprint density at radius 1 is 1.24 bits per heavy atom. The van der Waals surface area contributed by atoms with Gasteiger partial charge in [0.2, 0.25) is 0 Å². The second kappa shape index (κ2) is 9.70. The van der Waals surface area contributed by atoms with Gasteiger partial charge >= 0.3 is 0 Å². The number of nitro groups is 1. The average Bonchev–Trinajstić information content (AvgIpc) is 2.50. The van der Waals surface area contributed by atoms with Gasteiger partial charge in [-0.25, -0.2) is 0 Å². The lowest BCUT2D eigenvalue weighted by atomic mass is 10.1. The van der Waals surface area contributed by atoms with Crippen LogP contribution in [0.1, 0.15) is 12.0 Å². The number of benzene rings is 1. The van der Waals surface area contributed by atoms with Crippen LogP contribution in [0.4, 0.5) is 11.4 Å². The second-order valence-electron chi connectivity index (χ2n) is 4.53. The maximum absolute atomic E-state index is 11.0. The molecule has 0 saturated carbocycles. The topological polar surface area (TPSA) is 64.8 Å². The minimum absolute atomic E-state index is 0.138. The summed E-state index contributed by atoms with van der Waals surface area (Å²) in [4.78, 5) is 12.8. The van der Waals surface area contributed by atoms with Crippen LogP contribution in [0.2, 0.25) is 0 Å². The highest BCUT2D eigenvalue weighted by atomic mass is 79.9. The molecule has 6 nitrogen and oxygen atoms in total. The third-order valence-corrected chi connectivity index (χ3v) is 3.71. The molecule has 0 aliphatic carbocycles. The van der Waals surface area contributed by atoms with Crippen molar-refractivity contribution in [2.24, 2.45) is 0 Å². The number of hydrogen-bond donors (Lipinski definition) is 0. The molecule has 1 aromatic rings. The molecule has 0 saturated heterocycles. The van der Waals surface area contributed by atoms with Gasteiger partial charge in [0.1, 0.15) is 0 Å². The van der Waals surface area contributed by atoms with E-state index >= 15 is 0 Å². The van der Waals surface area contributed by atoms with E-state index in [9.17, 15) is 10.1 Å². The van der Waals surface area contributed by atoms with Crippen LogP contribution >= 0.6 is 15.9 Å². The van der Waals surface area contributed by atoms with Crippen molar-refractivity contribution in [1.82, 2.24) is 0 Å². The number of methoxy groups -OCH3 is 2. The van der Waals surface area contributed by atoms with Crippen molar-refractivity contribution in [3.8, 4) is 0 Å². The van der Waals surface area contributed by atoms with Gasteiger partial charge in [-0.3, -0.25) is 10.1 Å². The molecule has 0 atom stereocenters. The van der Waals surface area contributed by atoms with E-state index in [2.05, 4.69) is 20.8 Å². The normalized spacial score (nSPS) is 10.6. The van der Waals surface area contributed by atoms with Gasteiger partial charge in [0.25, 0.3) is 5.69 Å². The third-order valence-electron chi connectivity index (χ3n) is 3.11. The van der Waals surface area contributed by atoms with Gasteiger partial charge in [0.05, 0.1) is 11.5 Å². The molecule has 0 fully saturated rings. The summed E-state index contributed by atoms with van der Waals surface area (Å²) in [6, 6.07) is 5.20. The zero-order valence-corrected chi connectivity index (χ0v) is 14.0. The zero-order chi connectivity index (χ0) is 15.7. The Labute approximate surface area is 133 Å². The van der Waals surface area contributed by atoms with Crippen LogP contribution in [0.15, 0.2) is 18.2 Å². The first-order chi connectivity index (χ1) is 10.1. The number of hydrogen-bond acceptors (Lipinski definition) is 5. The molecule has 0 bridgehead atoms. The summed E-state index contributed by atoms with van der Waals surface area (Å²) < 4.78 is 10.2. The summed E-state index contributed by atoms with van der Waals surface area (Å²) >= 11 is 3.31. The molecule has 0 aromatic heterocycles. The fraction of sp³-hybridized carbons (Fsp3) is 0.571. The highest BCUT2D eigenvalue weighted by Crippen LogP contribution is 2.27. The fourth-order valence-electron chi connectivity index (χ4n) is 2.02. The van der Waals surface area contributed by atoms with Crippen LogP contribution in [-0.2, 0) is 14.8 Å². The first kappa shape index (κ1) is 17.9. The molecule has 0 spiro atoms. The predicted molar refractivity (Wildman–Crippen MR) is 86.3 cm³/mol. The van der Waals surface area contributed by atoms with Crippen molar-refractivity contribution in [3.05, 3.63) is 33.9 Å². The van der Waals surface area contributed by atoms with Crippen molar-refractivity contribution >= 4 is 27.3 Å². The predicted octanol–water partition coefficient (Wildman–Crippen LogP) is 2.98. The van der Waals surface area contributed by atoms with Crippen LogP contribution in [0.3, 0.4) is 0 Å². The highest BCUT2D eigenvalue weighted by molar-refractivity contribution is 9.08. The second-order valence-corrected chi connectivity index (χ2v) is 5.09. The van der Waals surface area contributed by atoms with Gasteiger partial charge in [-0.15, -0.1) is 0 Å². The number of rotatable bonds is 10. The van der Waals surface area contributed by atoms with Crippen LogP contribution in [0.5, 0.6) is 0 Å². The van der Waals surface area contributed by atoms with Crippen molar-refractivity contribution in [1.29, 1.82) is 0 Å². The molecule has 0 unspecified atom stereocenters. The van der Waals surface area contributed by atoms with E-state index in [-0.39, 0.29) is 10.6 Å². The molecule has 0 amide bonds. The Hall–Kier alpha value is -1.18. The number of ether oxygens (including phenoxy) is 2. The van der Waals surface area contributed by atoms with Crippen molar-refractivity contribution in [3.63, 3.8) is 0 Å². The molecule has 0 N–H and O–H groups in total. The monoisotopic (exact) mass is 360 g/mol. The van der Waals surface area contributed by atoms with Gasteiger partial charge < -0.3 is 14.4 Å². The third kappa shape index (κ3) is 5.61. The maximum Gasteiger partial charge on any atom is 0.273 e. The lowest BCUT2D eigenvalue weighted by Gasteiger charge is -2.25. The van der Waals surface area contributed by atoms with E-state index in [1.807, 2.05) is 6.07 Å². The van der Waals surface area contributed by atoms with E-state index in [1.165, 1.54) is 0 Å². The molecule has 0 radical (unpaired) electrons. The van der Waals surface area contributed by atoms with Crippen molar-refractivity contribution in [2.45, 2.75) is 11.8 Å². The summed E-state index contributed by atoms with van der Waals surface area (Å²) in [7, 11) is 3.33. The Balaban J connectivity index is 2.92. The maximum atomic E-state index is 11.0. The van der Waals surface area contributed by atoms with Crippen LogP contribution in [0, 0.1) is 10.1 Å². The van der Waals surface area contributed by atoms with Gasteiger partial charge in [-0.05, 0) is 18.6 Å². The summed E-state index contributed by atoms with van der Waals surface area (Å²) in [5.41, 5.74) is 1.77. The molecule has 0 aliphatic heterocycles. The summed E-state index contributed by atoms with van der Waals surface area (Å²) in [6.45, 7) is 2.84. The standard InChI is InChI=1S/C14H21BrN2O4/c1-20-8-3-6-16(7-9-21-2)13-4-5-14(17(18)19)12(10-13)11-15/h4-5,10H,3,6-9,11H2,1-2H3. The van der Waals surface area contributed by atoms with E-state index in [1.54, 1.807) is 26.4 Å². The first-order valence-corrected chi connectivity index (χ1v) is 7.82. The van der Waals surface area contributed by atoms with Gasteiger partial charge in [0, 0.05) is 56.6 Å². The fourth-order valence-corrected chi connectivity index (χ4v) is 2.47. The molecular formula is C14H21BrN2O4. The average molecular weight is 361 g/mol. The smallest absolute Gasteiger partial charge is 0.273 e. The Bertz CT molecular complexity index is 457. The van der Waals surface area contributed by atoms with E-state index in [0.717, 1.165) is 25.2 Å². The minimum atomic E-state index is -0.356. The number of halogens is 1. The molecule has 1 aromatic carbocycles. The van der Waals surface area contributed by atoms with Gasteiger partial charge in [-0.2, -0.15) is 0 Å². The van der Waals surface area contributed by atoms with Crippen LogP contribution < -0.4 is 4.90 Å². The first-order valence-electron chi connectivity index (χ1n) is 6.70. The van der Waals surface area contributed by atoms with Gasteiger partial charge in [0.15, 0.2) is 0 Å². The quantitative estimate of drug-likeness (QED) is 0.277. The number of nitrogens with zero attached hydrogens (tertiary/aromatic N) is 2. The lowest BCUT2D eigenvalue weighted by Crippen LogP contribution is -2.29. The molecule has 118 valence electrons. The summed E-state index contributed by atoms with van der Waals surface area (Å²) in [6.07, 6.45) is 0.890. The Kier molecular flexibility index (Phi) is 8.26. The molecule has 7 heteroatoms. The van der Waals surface area contributed by atoms with Crippen LogP contribution in [0.25, 0.3) is 0 Å². The molecular weight excluding hydrogens is 340 g/mol. The Morgan fingerprint density at radius 3 is 2.52 bits per heavy atom. The van der Waals surface area contributed by atoms with Crippen molar-refractivity contribution < 1.29 is 14.4 Å². The largest absolute Gasteiger partial charge is 0.385 e. The number of alkyl halides is 1. The Morgan fingerprint density at radius 2 is 1.95 bits per heavy atom. The molecule has 0 aliphatic rings. The molecule has 1 rings (SSSR count). The van der Waals surface area contributed by atoms with Gasteiger partial charge in [-0.1, -0.05) is 15.9 Å².